The Balaban J connectivity index is 0.000000686. The molecule has 4 heteroatoms. The molecule has 0 aliphatic carbocycles. The summed E-state index contributed by atoms with van der Waals surface area (Å²) in [4.78, 5) is 4.25. The smallest absolute Gasteiger partial charge is 0.226 e. The summed E-state index contributed by atoms with van der Waals surface area (Å²) in [5, 5.41) is 3.90. The standard InChI is InChI=1S/C11H12N2O2.C2H6/c1-3-10-12-11(13-15-10)8-6-4-5-7-9(8)14-2;1-2/h4-7H,3H2,1-2H3;1-2H3. The first-order chi connectivity index (χ1) is 8.35. The summed E-state index contributed by atoms with van der Waals surface area (Å²) in [7, 11) is 1.62. The van der Waals surface area contributed by atoms with Crippen LogP contribution in [0.25, 0.3) is 11.4 Å². The van der Waals surface area contributed by atoms with Crippen molar-refractivity contribution in [3.05, 3.63) is 30.2 Å². The first-order valence-electron chi connectivity index (χ1n) is 5.81. The Morgan fingerprint density at radius 1 is 1.24 bits per heavy atom. The number of aryl methyl sites for hydroxylation is 1. The van der Waals surface area contributed by atoms with E-state index < -0.39 is 0 Å². The molecule has 0 spiro atoms. The molecule has 0 saturated carbocycles. The van der Waals surface area contributed by atoms with Crippen molar-refractivity contribution in [1.82, 2.24) is 10.1 Å². The van der Waals surface area contributed by atoms with Gasteiger partial charge in [0.25, 0.3) is 0 Å². The number of methoxy groups -OCH3 is 1. The Morgan fingerprint density at radius 2 is 1.94 bits per heavy atom. The lowest BCUT2D eigenvalue weighted by Gasteiger charge is -2.02. The highest BCUT2D eigenvalue weighted by Gasteiger charge is 2.11. The number of para-hydroxylation sites is 1. The lowest BCUT2D eigenvalue weighted by Crippen LogP contribution is -1.88. The third-order valence-electron chi connectivity index (χ3n) is 2.12. The van der Waals surface area contributed by atoms with Crippen LogP contribution in [0.5, 0.6) is 5.75 Å². The van der Waals surface area contributed by atoms with E-state index in [1.54, 1.807) is 7.11 Å². The number of nitrogens with zero attached hydrogens (tertiary/aromatic N) is 2. The van der Waals surface area contributed by atoms with Crippen LogP contribution in [0.15, 0.2) is 28.8 Å². The van der Waals surface area contributed by atoms with Crippen LogP contribution in [0.2, 0.25) is 0 Å². The molecule has 0 unspecified atom stereocenters. The van der Waals surface area contributed by atoms with Crippen molar-refractivity contribution >= 4 is 0 Å². The van der Waals surface area contributed by atoms with Gasteiger partial charge >= 0.3 is 0 Å². The van der Waals surface area contributed by atoms with Gasteiger partial charge in [-0.2, -0.15) is 4.98 Å². The maximum atomic E-state index is 5.22. The number of benzene rings is 1. The van der Waals surface area contributed by atoms with Crippen LogP contribution in [0.3, 0.4) is 0 Å². The van der Waals surface area contributed by atoms with Crippen LogP contribution in [-0.2, 0) is 6.42 Å². The lowest BCUT2D eigenvalue weighted by atomic mass is 10.2. The third kappa shape index (κ3) is 3.06. The zero-order chi connectivity index (χ0) is 12.7. The Morgan fingerprint density at radius 3 is 2.53 bits per heavy atom. The highest BCUT2D eigenvalue weighted by atomic mass is 16.5. The molecule has 0 N–H and O–H groups in total. The van der Waals surface area contributed by atoms with Gasteiger partial charge in [0.05, 0.1) is 12.7 Å². The van der Waals surface area contributed by atoms with Gasteiger partial charge in [-0.25, -0.2) is 0 Å². The van der Waals surface area contributed by atoms with Gasteiger partial charge in [0.15, 0.2) is 0 Å². The van der Waals surface area contributed by atoms with Gasteiger partial charge in [0.2, 0.25) is 11.7 Å². The molecule has 1 heterocycles. The van der Waals surface area contributed by atoms with E-state index in [-0.39, 0.29) is 0 Å². The lowest BCUT2D eigenvalue weighted by molar-refractivity contribution is 0.382. The molecule has 0 aliphatic rings. The van der Waals surface area contributed by atoms with Gasteiger partial charge in [-0.05, 0) is 12.1 Å². The van der Waals surface area contributed by atoms with E-state index in [4.69, 9.17) is 9.26 Å². The van der Waals surface area contributed by atoms with Gasteiger partial charge in [-0.15, -0.1) is 0 Å². The van der Waals surface area contributed by atoms with Crippen molar-refractivity contribution in [1.29, 1.82) is 0 Å². The second kappa shape index (κ2) is 6.68. The van der Waals surface area contributed by atoms with Crippen molar-refractivity contribution in [2.24, 2.45) is 0 Å². The van der Waals surface area contributed by atoms with Crippen LogP contribution in [0.1, 0.15) is 26.7 Å². The van der Waals surface area contributed by atoms with E-state index in [0.29, 0.717) is 11.7 Å². The number of hydrogen-bond donors (Lipinski definition) is 0. The molecule has 17 heavy (non-hydrogen) atoms. The van der Waals surface area contributed by atoms with E-state index in [1.165, 1.54) is 0 Å². The Kier molecular flexibility index (Phi) is 5.20. The molecule has 4 nitrogen and oxygen atoms in total. The topological polar surface area (TPSA) is 48.2 Å². The molecule has 0 bridgehead atoms. The predicted molar refractivity (Wildman–Crippen MR) is 67.0 cm³/mol. The van der Waals surface area contributed by atoms with Gasteiger partial charge < -0.3 is 9.26 Å². The summed E-state index contributed by atoms with van der Waals surface area (Å²) in [5.74, 6) is 1.96. The Hall–Kier alpha value is -1.84. The third-order valence-corrected chi connectivity index (χ3v) is 2.12. The van der Waals surface area contributed by atoms with E-state index in [2.05, 4.69) is 10.1 Å². The fourth-order valence-electron chi connectivity index (χ4n) is 1.34. The zero-order valence-electron chi connectivity index (χ0n) is 10.7. The highest BCUT2D eigenvalue weighted by molar-refractivity contribution is 5.63. The molecule has 0 amide bonds. The number of rotatable bonds is 3. The van der Waals surface area contributed by atoms with Crippen molar-refractivity contribution in [3.8, 4) is 17.1 Å². The first-order valence-corrected chi connectivity index (χ1v) is 5.81. The number of hydrogen-bond acceptors (Lipinski definition) is 4. The fraction of sp³-hybridized carbons (Fsp3) is 0.385. The second-order valence-electron chi connectivity index (χ2n) is 3.07. The van der Waals surface area contributed by atoms with Crippen LogP contribution < -0.4 is 4.74 Å². The molecule has 0 atom stereocenters. The van der Waals surface area contributed by atoms with Crippen LogP contribution >= 0.6 is 0 Å². The summed E-state index contributed by atoms with van der Waals surface area (Å²) >= 11 is 0. The summed E-state index contributed by atoms with van der Waals surface area (Å²) in [6.07, 6.45) is 0.738. The predicted octanol–water partition coefficient (Wildman–Crippen LogP) is 3.33. The molecule has 1 aromatic heterocycles. The monoisotopic (exact) mass is 234 g/mol. The Labute approximate surface area is 102 Å². The van der Waals surface area contributed by atoms with Crippen molar-refractivity contribution in [2.45, 2.75) is 27.2 Å². The van der Waals surface area contributed by atoms with Gasteiger partial charge in [-0.1, -0.05) is 38.1 Å². The fourth-order valence-corrected chi connectivity index (χ4v) is 1.34. The number of aromatic nitrogens is 2. The van der Waals surface area contributed by atoms with Gasteiger partial charge in [0, 0.05) is 6.42 Å². The second-order valence-corrected chi connectivity index (χ2v) is 3.07. The molecule has 0 radical (unpaired) electrons. The number of ether oxygens (including phenoxy) is 1. The summed E-state index contributed by atoms with van der Waals surface area (Å²) in [5.41, 5.74) is 0.850. The van der Waals surface area contributed by atoms with E-state index in [0.717, 1.165) is 17.7 Å². The maximum Gasteiger partial charge on any atom is 0.226 e. The molecule has 0 aliphatic heterocycles. The molecular formula is C13H18N2O2. The summed E-state index contributed by atoms with van der Waals surface area (Å²) in [6, 6.07) is 7.60. The Bertz CT molecular complexity index is 452. The molecule has 2 aromatic rings. The summed E-state index contributed by atoms with van der Waals surface area (Å²) < 4.78 is 10.3. The van der Waals surface area contributed by atoms with Gasteiger partial charge in [-0.3, -0.25) is 0 Å². The molecule has 0 saturated heterocycles. The molecule has 1 aromatic carbocycles. The van der Waals surface area contributed by atoms with Crippen LogP contribution in [0, 0.1) is 0 Å². The van der Waals surface area contributed by atoms with E-state index >= 15 is 0 Å². The molecule has 0 fully saturated rings. The summed E-state index contributed by atoms with van der Waals surface area (Å²) in [6.45, 7) is 5.97. The minimum atomic E-state index is 0.573. The maximum absolute atomic E-state index is 5.22. The van der Waals surface area contributed by atoms with Crippen LogP contribution in [-0.4, -0.2) is 17.3 Å². The van der Waals surface area contributed by atoms with Gasteiger partial charge in [0.1, 0.15) is 5.75 Å². The highest BCUT2D eigenvalue weighted by Crippen LogP contribution is 2.26. The molecular weight excluding hydrogens is 216 g/mol. The van der Waals surface area contributed by atoms with E-state index in [9.17, 15) is 0 Å². The molecule has 2 rings (SSSR count). The van der Waals surface area contributed by atoms with E-state index in [1.807, 2.05) is 45.0 Å². The quantitative estimate of drug-likeness (QED) is 0.817. The average Bonchev–Trinajstić information content (AvgIpc) is 2.89. The first kappa shape index (κ1) is 13.2. The minimum Gasteiger partial charge on any atom is -0.496 e. The molecule has 92 valence electrons. The zero-order valence-corrected chi connectivity index (χ0v) is 10.7. The van der Waals surface area contributed by atoms with Crippen molar-refractivity contribution in [2.75, 3.05) is 7.11 Å². The minimum absolute atomic E-state index is 0.573. The largest absolute Gasteiger partial charge is 0.496 e. The normalized spacial score (nSPS) is 9.41. The SMILES string of the molecule is CC.CCc1nc(-c2ccccc2OC)no1. The van der Waals surface area contributed by atoms with Crippen LogP contribution in [0.4, 0.5) is 0 Å². The van der Waals surface area contributed by atoms with Crippen molar-refractivity contribution in [3.63, 3.8) is 0 Å². The average molecular weight is 234 g/mol. The van der Waals surface area contributed by atoms with Crippen molar-refractivity contribution < 1.29 is 9.26 Å².